The van der Waals surface area contributed by atoms with E-state index in [0.717, 1.165) is 30.4 Å². The van der Waals surface area contributed by atoms with Gasteiger partial charge in [-0.05, 0) is 40.9 Å². The molecule has 0 aliphatic carbocycles. The van der Waals surface area contributed by atoms with Crippen molar-refractivity contribution in [3.8, 4) is 0 Å². The fraction of sp³-hybridized carbons (Fsp3) is 0.500. The van der Waals surface area contributed by atoms with E-state index in [1.54, 1.807) is 12.3 Å². The molecule has 2 aliphatic rings. The van der Waals surface area contributed by atoms with Gasteiger partial charge in [-0.3, -0.25) is 4.79 Å². The first kappa shape index (κ1) is 14.3. The van der Waals surface area contributed by atoms with Crippen molar-refractivity contribution < 1.29 is 9.59 Å². The largest absolute Gasteiger partial charge is 0.337 e. The molecule has 0 unspecified atom stereocenters. The molecular formula is C14H17BrN4O2. The summed E-state index contributed by atoms with van der Waals surface area (Å²) in [7, 11) is 0. The molecule has 0 radical (unpaired) electrons. The molecule has 112 valence electrons. The van der Waals surface area contributed by atoms with E-state index >= 15 is 0 Å². The first-order valence-electron chi connectivity index (χ1n) is 7.10. The van der Waals surface area contributed by atoms with E-state index in [4.69, 9.17) is 0 Å². The summed E-state index contributed by atoms with van der Waals surface area (Å²) in [5.74, 6) is -0.0353. The maximum absolute atomic E-state index is 12.4. The molecule has 1 aromatic heterocycles. The Morgan fingerprint density at radius 3 is 2.62 bits per heavy atom. The van der Waals surface area contributed by atoms with Crippen molar-refractivity contribution in [2.24, 2.45) is 0 Å². The van der Waals surface area contributed by atoms with Crippen molar-refractivity contribution in [2.75, 3.05) is 26.2 Å². The van der Waals surface area contributed by atoms with Crippen molar-refractivity contribution >= 4 is 27.9 Å². The molecule has 1 N–H and O–H groups in total. The zero-order valence-corrected chi connectivity index (χ0v) is 13.2. The van der Waals surface area contributed by atoms with Gasteiger partial charge in [0.1, 0.15) is 5.69 Å². The second-order valence-electron chi connectivity index (χ2n) is 5.31. The number of carbonyl (C=O) groups excluding carboxylic acids is 2. The zero-order chi connectivity index (χ0) is 14.8. The van der Waals surface area contributed by atoms with E-state index in [0.29, 0.717) is 18.8 Å². The fourth-order valence-electron chi connectivity index (χ4n) is 2.88. The van der Waals surface area contributed by atoms with Crippen LogP contribution in [0.1, 0.15) is 23.3 Å². The molecule has 7 heteroatoms. The molecule has 3 rings (SSSR count). The van der Waals surface area contributed by atoms with Crippen LogP contribution in [0.25, 0.3) is 0 Å². The number of pyridine rings is 1. The second kappa shape index (κ2) is 6.01. The van der Waals surface area contributed by atoms with Crippen LogP contribution in [0, 0.1) is 0 Å². The average Bonchev–Trinajstić information content (AvgIpc) is 2.94. The molecule has 21 heavy (non-hydrogen) atoms. The van der Waals surface area contributed by atoms with Crippen LogP contribution in [-0.4, -0.2) is 58.9 Å². The number of rotatable bonds is 2. The molecule has 2 fully saturated rings. The van der Waals surface area contributed by atoms with Crippen LogP contribution in [0.3, 0.4) is 0 Å². The van der Waals surface area contributed by atoms with E-state index in [-0.39, 0.29) is 18.0 Å². The lowest BCUT2D eigenvalue weighted by Crippen LogP contribution is -2.47. The molecule has 0 spiro atoms. The predicted octanol–water partition coefficient (Wildman–Crippen LogP) is 1.47. The lowest BCUT2D eigenvalue weighted by Gasteiger charge is -2.36. The van der Waals surface area contributed by atoms with Crippen LogP contribution in [0.2, 0.25) is 0 Å². The number of aromatic nitrogens is 1. The normalized spacial score (nSPS) is 19.8. The van der Waals surface area contributed by atoms with Gasteiger partial charge in [0.15, 0.2) is 0 Å². The molecule has 2 saturated heterocycles. The molecule has 0 atom stereocenters. The van der Waals surface area contributed by atoms with E-state index in [9.17, 15) is 9.59 Å². The number of halogens is 1. The molecule has 3 heterocycles. The summed E-state index contributed by atoms with van der Waals surface area (Å²) in [6, 6.07) is 3.82. The Labute approximate surface area is 131 Å². The maximum Gasteiger partial charge on any atom is 0.317 e. The smallest absolute Gasteiger partial charge is 0.317 e. The minimum Gasteiger partial charge on any atom is -0.337 e. The molecule has 6 nitrogen and oxygen atoms in total. The van der Waals surface area contributed by atoms with Crippen LogP contribution in [0.5, 0.6) is 0 Å². The topological polar surface area (TPSA) is 65.5 Å². The van der Waals surface area contributed by atoms with Crippen LogP contribution in [-0.2, 0) is 0 Å². The Balaban J connectivity index is 1.59. The van der Waals surface area contributed by atoms with Crippen molar-refractivity contribution in [3.05, 3.63) is 28.5 Å². The van der Waals surface area contributed by atoms with Gasteiger partial charge < -0.3 is 15.1 Å². The molecule has 2 aliphatic heterocycles. The van der Waals surface area contributed by atoms with Crippen molar-refractivity contribution in [1.82, 2.24) is 20.1 Å². The van der Waals surface area contributed by atoms with E-state index in [1.807, 2.05) is 15.9 Å². The minimum absolute atomic E-state index is 0.0225. The summed E-state index contributed by atoms with van der Waals surface area (Å²) >= 11 is 3.31. The first-order chi connectivity index (χ1) is 10.1. The highest BCUT2D eigenvalue weighted by Crippen LogP contribution is 2.19. The second-order valence-corrected chi connectivity index (χ2v) is 6.23. The minimum atomic E-state index is -0.0353. The van der Waals surface area contributed by atoms with Gasteiger partial charge in [-0.25, -0.2) is 9.78 Å². The lowest BCUT2D eigenvalue weighted by molar-refractivity contribution is 0.0660. The van der Waals surface area contributed by atoms with Gasteiger partial charge in [-0.1, -0.05) is 0 Å². The number of nitrogens with zero attached hydrogens (tertiary/aromatic N) is 3. The van der Waals surface area contributed by atoms with E-state index < -0.39 is 0 Å². The Morgan fingerprint density at radius 2 is 2.05 bits per heavy atom. The number of hydrogen-bond acceptors (Lipinski definition) is 3. The summed E-state index contributed by atoms with van der Waals surface area (Å²) in [5.41, 5.74) is 0.468. The van der Waals surface area contributed by atoms with Gasteiger partial charge >= 0.3 is 6.03 Å². The van der Waals surface area contributed by atoms with E-state index in [2.05, 4.69) is 26.2 Å². The van der Waals surface area contributed by atoms with Crippen LogP contribution in [0.15, 0.2) is 22.8 Å². The SMILES string of the molecule is O=C(c1ccc(Br)cn1)N1CCC(N2CCNC2=O)CC1. The third-order valence-electron chi connectivity index (χ3n) is 4.03. The van der Waals surface area contributed by atoms with Gasteiger partial charge in [-0.15, -0.1) is 0 Å². The van der Waals surface area contributed by atoms with Crippen molar-refractivity contribution in [2.45, 2.75) is 18.9 Å². The number of likely N-dealkylation sites (tertiary alicyclic amines) is 1. The number of carbonyl (C=O) groups is 2. The lowest BCUT2D eigenvalue weighted by atomic mass is 10.0. The highest BCUT2D eigenvalue weighted by atomic mass is 79.9. The molecular weight excluding hydrogens is 336 g/mol. The standard InChI is InChI=1S/C14H17BrN4O2/c15-10-1-2-12(17-9-10)13(20)18-6-3-11(4-7-18)19-8-5-16-14(19)21/h1-2,9,11H,3-8H2,(H,16,21). The van der Waals surface area contributed by atoms with E-state index in [1.165, 1.54) is 0 Å². The van der Waals surface area contributed by atoms with Gasteiger partial charge in [0.25, 0.3) is 5.91 Å². The summed E-state index contributed by atoms with van der Waals surface area (Å²) in [6.45, 7) is 2.84. The van der Waals surface area contributed by atoms with Gasteiger partial charge in [0.05, 0.1) is 0 Å². The Kier molecular flexibility index (Phi) is 4.10. The Morgan fingerprint density at radius 1 is 1.29 bits per heavy atom. The van der Waals surface area contributed by atoms with Crippen LogP contribution < -0.4 is 5.32 Å². The zero-order valence-electron chi connectivity index (χ0n) is 11.6. The average molecular weight is 353 g/mol. The van der Waals surface area contributed by atoms with Crippen molar-refractivity contribution in [1.29, 1.82) is 0 Å². The summed E-state index contributed by atoms with van der Waals surface area (Å²) in [5, 5.41) is 2.82. The quantitative estimate of drug-likeness (QED) is 0.876. The molecule has 0 bridgehead atoms. The van der Waals surface area contributed by atoms with Crippen LogP contribution in [0.4, 0.5) is 4.79 Å². The number of hydrogen-bond donors (Lipinski definition) is 1. The molecule has 0 aromatic carbocycles. The van der Waals surface area contributed by atoms with Crippen molar-refractivity contribution in [3.63, 3.8) is 0 Å². The van der Waals surface area contributed by atoms with Gasteiger partial charge in [0, 0.05) is 42.9 Å². The highest BCUT2D eigenvalue weighted by molar-refractivity contribution is 9.10. The predicted molar refractivity (Wildman–Crippen MR) is 81.0 cm³/mol. The number of nitrogens with one attached hydrogen (secondary N) is 1. The van der Waals surface area contributed by atoms with Gasteiger partial charge in [0.2, 0.25) is 0 Å². The fourth-order valence-corrected chi connectivity index (χ4v) is 3.11. The maximum atomic E-state index is 12.4. The number of amides is 3. The molecule has 0 saturated carbocycles. The van der Waals surface area contributed by atoms with Crippen LogP contribution >= 0.6 is 15.9 Å². The third kappa shape index (κ3) is 3.02. The molecule has 3 amide bonds. The Hall–Kier alpha value is -1.63. The summed E-state index contributed by atoms with van der Waals surface area (Å²) < 4.78 is 0.859. The monoisotopic (exact) mass is 352 g/mol. The first-order valence-corrected chi connectivity index (χ1v) is 7.90. The number of urea groups is 1. The Bertz CT molecular complexity index is 540. The third-order valence-corrected chi connectivity index (χ3v) is 4.50. The summed E-state index contributed by atoms with van der Waals surface area (Å²) in [6.07, 6.45) is 3.29. The summed E-state index contributed by atoms with van der Waals surface area (Å²) in [4.78, 5) is 31.9. The van der Waals surface area contributed by atoms with Gasteiger partial charge in [-0.2, -0.15) is 0 Å². The number of piperidine rings is 1. The molecule has 1 aromatic rings. The highest BCUT2D eigenvalue weighted by Gasteiger charge is 2.32.